The van der Waals surface area contributed by atoms with E-state index in [9.17, 15) is 4.79 Å². The highest BCUT2D eigenvalue weighted by Crippen LogP contribution is 1.87. The van der Waals surface area contributed by atoms with E-state index in [1.54, 1.807) is 11.0 Å². The monoisotopic (exact) mass is 197 g/mol. The van der Waals surface area contributed by atoms with Crippen molar-refractivity contribution in [3.8, 4) is 0 Å². The number of hydrogen-bond acceptors (Lipinski definition) is 3. The molecule has 1 rings (SSSR count). The van der Waals surface area contributed by atoms with Crippen molar-refractivity contribution in [3.63, 3.8) is 0 Å². The zero-order valence-electron chi connectivity index (χ0n) is 8.45. The Bertz CT molecular complexity index is 296. The highest BCUT2D eigenvalue weighted by Gasteiger charge is 2.00. The minimum absolute atomic E-state index is 0.150. The highest BCUT2D eigenvalue weighted by molar-refractivity contribution is 5.73. The fourth-order valence-electron chi connectivity index (χ4n) is 1.01. The van der Waals surface area contributed by atoms with Gasteiger partial charge in [-0.25, -0.2) is 9.78 Å². The third kappa shape index (κ3) is 3.42. The van der Waals surface area contributed by atoms with Crippen LogP contribution in [0.25, 0.3) is 0 Å². The largest absolute Gasteiger partial charge is 0.338 e. The lowest BCUT2D eigenvalue weighted by Gasteiger charge is -2.03. The molecule has 2 N–H and O–H groups in total. The summed E-state index contributed by atoms with van der Waals surface area (Å²) in [6, 6.07) is -0.150. The van der Waals surface area contributed by atoms with Gasteiger partial charge in [-0.3, -0.25) is 4.68 Å². The Kier molecular flexibility index (Phi) is 3.90. The zero-order valence-corrected chi connectivity index (χ0v) is 8.45. The maximum absolute atomic E-state index is 11.0. The van der Waals surface area contributed by atoms with Gasteiger partial charge in [0.05, 0.1) is 0 Å². The van der Waals surface area contributed by atoms with Crippen molar-refractivity contribution in [2.75, 3.05) is 13.1 Å². The minimum atomic E-state index is -0.150. The second-order valence-electron chi connectivity index (χ2n) is 2.87. The second-order valence-corrected chi connectivity index (χ2v) is 2.87. The molecule has 0 saturated heterocycles. The van der Waals surface area contributed by atoms with Crippen LogP contribution >= 0.6 is 0 Å². The van der Waals surface area contributed by atoms with E-state index in [0.717, 1.165) is 5.82 Å². The van der Waals surface area contributed by atoms with Crippen LogP contribution in [0, 0.1) is 0 Å². The molecule has 6 nitrogen and oxygen atoms in total. The van der Waals surface area contributed by atoms with Crippen molar-refractivity contribution < 1.29 is 4.79 Å². The Morgan fingerprint density at radius 2 is 2.36 bits per heavy atom. The Hall–Kier alpha value is -1.59. The summed E-state index contributed by atoms with van der Waals surface area (Å²) in [7, 11) is 1.81. The van der Waals surface area contributed by atoms with E-state index < -0.39 is 0 Å². The first kappa shape index (κ1) is 10.5. The minimum Gasteiger partial charge on any atom is -0.338 e. The molecule has 0 radical (unpaired) electrons. The smallest absolute Gasteiger partial charge is 0.314 e. The van der Waals surface area contributed by atoms with Gasteiger partial charge in [-0.2, -0.15) is 5.10 Å². The molecule has 0 saturated carbocycles. The molecule has 1 heterocycles. The molecular weight excluding hydrogens is 182 g/mol. The lowest BCUT2D eigenvalue weighted by Crippen LogP contribution is -2.36. The van der Waals surface area contributed by atoms with E-state index in [4.69, 9.17) is 0 Å². The average molecular weight is 197 g/mol. The van der Waals surface area contributed by atoms with Crippen molar-refractivity contribution in [1.82, 2.24) is 25.4 Å². The molecule has 6 heteroatoms. The zero-order chi connectivity index (χ0) is 10.4. The molecule has 1 aromatic heterocycles. The average Bonchev–Trinajstić information content (AvgIpc) is 2.52. The fourth-order valence-corrected chi connectivity index (χ4v) is 1.01. The van der Waals surface area contributed by atoms with Gasteiger partial charge in [0, 0.05) is 26.6 Å². The summed E-state index contributed by atoms with van der Waals surface area (Å²) in [6.45, 7) is 3.06. The van der Waals surface area contributed by atoms with Crippen LogP contribution in [0.1, 0.15) is 12.7 Å². The summed E-state index contributed by atoms with van der Waals surface area (Å²) in [4.78, 5) is 15.0. The summed E-state index contributed by atoms with van der Waals surface area (Å²) >= 11 is 0. The SMILES string of the molecule is CCNC(=O)NCCc1ncn(C)n1. The summed E-state index contributed by atoms with van der Waals surface area (Å²) < 4.78 is 1.64. The Balaban J connectivity index is 2.18. The molecule has 0 atom stereocenters. The van der Waals surface area contributed by atoms with Crippen LogP contribution in [0.5, 0.6) is 0 Å². The van der Waals surface area contributed by atoms with E-state index >= 15 is 0 Å². The maximum Gasteiger partial charge on any atom is 0.314 e. The van der Waals surface area contributed by atoms with E-state index in [1.165, 1.54) is 0 Å². The van der Waals surface area contributed by atoms with Gasteiger partial charge >= 0.3 is 6.03 Å². The molecular formula is C8H15N5O. The van der Waals surface area contributed by atoms with Crippen LogP contribution in [0.3, 0.4) is 0 Å². The molecule has 78 valence electrons. The molecule has 0 aromatic carbocycles. The topological polar surface area (TPSA) is 71.8 Å². The Labute approximate surface area is 82.7 Å². The number of hydrogen-bond donors (Lipinski definition) is 2. The third-order valence-electron chi connectivity index (χ3n) is 1.62. The number of nitrogens with zero attached hydrogens (tertiary/aromatic N) is 3. The summed E-state index contributed by atoms with van der Waals surface area (Å²) in [5, 5.41) is 9.43. The van der Waals surface area contributed by atoms with Gasteiger partial charge in [-0.05, 0) is 6.92 Å². The number of amides is 2. The van der Waals surface area contributed by atoms with Crippen molar-refractivity contribution >= 4 is 6.03 Å². The molecule has 0 aliphatic heterocycles. The molecule has 2 amide bonds. The van der Waals surface area contributed by atoms with Crippen molar-refractivity contribution in [2.45, 2.75) is 13.3 Å². The van der Waals surface area contributed by atoms with E-state index in [1.807, 2.05) is 14.0 Å². The molecule has 0 fully saturated rings. The van der Waals surface area contributed by atoms with Crippen LogP contribution in [0.15, 0.2) is 6.33 Å². The molecule has 0 aliphatic carbocycles. The number of nitrogens with one attached hydrogen (secondary N) is 2. The van der Waals surface area contributed by atoms with Crippen LogP contribution in [-0.2, 0) is 13.5 Å². The Morgan fingerprint density at radius 1 is 1.57 bits per heavy atom. The lowest BCUT2D eigenvalue weighted by molar-refractivity contribution is 0.241. The number of urea groups is 1. The molecule has 14 heavy (non-hydrogen) atoms. The van der Waals surface area contributed by atoms with E-state index in [-0.39, 0.29) is 6.03 Å². The second kappa shape index (κ2) is 5.21. The Morgan fingerprint density at radius 3 is 2.93 bits per heavy atom. The summed E-state index contributed by atoms with van der Waals surface area (Å²) in [5.74, 6) is 0.740. The van der Waals surface area contributed by atoms with Crippen LogP contribution < -0.4 is 10.6 Å². The normalized spacial score (nSPS) is 9.86. The van der Waals surface area contributed by atoms with Crippen LogP contribution in [-0.4, -0.2) is 33.9 Å². The molecule has 0 bridgehead atoms. The standard InChI is InChI=1S/C8H15N5O/c1-3-9-8(14)10-5-4-7-11-6-13(2)12-7/h6H,3-5H2,1-2H3,(H2,9,10,14). The maximum atomic E-state index is 11.0. The first-order valence-corrected chi connectivity index (χ1v) is 4.58. The van der Waals surface area contributed by atoms with Gasteiger partial charge in [-0.15, -0.1) is 0 Å². The van der Waals surface area contributed by atoms with E-state index in [2.05, 4.69) is 20.7 Å². The van der Waals surface area contributed by atoms with Crippen molar-refractivity contribution in [2.24, 2.45) is 7.05 Å². The van der Waals surface area contributed by atoms with Crippen LogP contribution in [0.2, 0.25) is 0 Å². The van der Waals surface area contributed by atoms with Gasteiger partial charge in [0.1, 0.15) is 6.33 Å². The molecule has 0 unspecified atom stereocenters. The number of rotatable bonds is 4. The summed E-state index contributed by atoms with van der Waals surface area (Å²) in [6.07, 6.45) is 2.29. The first-order valence-electron chi connectivity index (χ1n) is 4.58. The number of carbonyl (C=O) groups excluding carboxylic acids is 1. The van der Waals surface area contributed by atoms with E-state index in [0.29, 0.717) is 19.5 Å². The molecule has 0 spiro atoms. The van der Waals surface area contributed by atoms with Gasteiger partial charge in [0.15, 0.2) is 5.82 Å². The number of aryl methyl sites for hydroxylation is 1. The number of aromatic nitrogens is 3. The highest BCUT2D eigenvalue weighted by atomic mass is 16.2. The first-order chi connectivity index (χ1) is 6.72. The third-order valence-corrected chi connectivity index (χ3v) is 1.62. The van der Waals surface area contributed by atoms with Gasteiger partial charge < -0.3 is 10.6 Å². The number of carbonyl (C=O) groups is 1. The fraction of sp³-hybridized carbons (Fsp3) is 0.625. The molecule has 1 aromatic rings. The van der Waals surface area contributed by atoms with Crippen LogP contribution in [0.4, 0.5) is 4.79 Å². The quantitative estimate of drug-likeness (QED) is 0.694. The van der Waals surface area contributed by atoms with Gasteiger partial charge in [0.2, 0.25) is 0 Å². The summed E-state index contributed by atoms with van der Waals surface area (Å²) in [5.41, 5.74) is 0. The lowest BCUT2D eigenvalue weighted by atomic mass is 10.4. The van der Waals surface area contributed by atoms with Crippen molar-refractivity contribution in [3.05, 3.63) is 12.2 Å². The van der Waals surface area contributed by atoms with Gasteiger partial charge in [-0.1, -0.05) is 0 Å². The molecule has 0 aliphatic rings. The van der Waals surface area contributed by atoms with Crippen molar-refractivity contribution in [1.29, 1.82) is 0 Å². The van der Waals surface area contributed by atoms with Gasteiger partial charge in [0.25, 0.3) is 0 Å². The predicted octanol–water partition coefficient (Wildman–Crippen LogP) is -0.323. The predicted molar refractivity (Wildman–Crippen MR) is 51.8 cm³/mol.